The number of nitrogens with zero attached hydrogens (tertiary/aromatic N) is 1. The van der Waals surface area contributed by atoms with Gasteiger partial charge in [0.15, 0.2) is 5.78 Å². The molecule has 0 saturated carbocycles. The molecule has 1 rings (SSSR count). The number of nitro benzene ring substituents is 1. The van der Waals surface area contributed by atoms with E-state index >= 15 is 0 Å². The monoisotopic (exact) mass is 235 g/mol. The maximum atomic E-state index is 11.4. The number of nitro groups is 1. The molecule has 90 valence electrons. The molecule has 1 atom stereocenters. The molecule has 0 aliphatic rings. The van der Waals surface area contributed by atoms with E-state index in [1.807, 2.05) is 0 Å². The Morgan fingerprint density at radius 3 is 2.76 bits per heavy atom. The Morgan fingerprint density at radius 1 is 1.59 bits per heavy atom. The summed E-state index contributed by atoms with van der Waals surface area (Å²) in [6.45, 7) is 5.17. The van der Waals surface area contributed by atoms with E-state index in [0.29, 0.717) is 5.56 Å². The maximum absolute atomic E-state index is 11.4. The van der Waals surface area contributed by atoms with Crippen molar-refractivity contribution in [1.29, 1.82) is 0 Å². The molecule has 5 heteroatoms. The van der Waals surface area contributed by atoms with Crippen LogP contribution in [0.15, 0.2) is 36.4 Å². The lowest BCUT2D eigenvalue weighted by Gasteiger charge is -2.12. The van der Waals surface area contributed by atoms with Crippen LogP contribution in [-0.2, 0) is 4.79 Å². The third-order valence-electron chi connectivity index (χ3n) is 2.41. The number of ketones is 1. The number of hydrogen-bond donors (Lipinski definition) is 1. The Labute approximate surface area is 98.5 Å². The molecule has 0 aromatic heterocycles. The van der Waals surface area contributed by atoms with Crippen LogP contribution in [0.4, 0.5) is 5.69 Å². The van der Waals surface area contributed by atoms with Crippen LogP contribution in [0.25, 0.3) is 0 Å². The Balaban J connectivity index is 3.00. The Kier molecular flexibility index (Phi) is 4.12. The summed E-state index contributed by atoms with van der Waals surface area (Å²) in [6.07, 6.45) is -0.951. The standard InChI is InChI=1S/C12H13NO4/c1-3-11(14)8(2)12(15)9-5-4-6-10(7-9)13(16)17/h4-7,12,15H,2-3H2,1H3. The van der Waals surface area contributed by atoms with Crippen LogP contribution >= 0.6 is 0 Å². The minimum atomic E-state index is -1.19. The molecule has 5 nitrogen and oxygen atoms in total. The lowest BCUT2D eigenvalue weighted by Crippen LogP contribution is -2.09. The van der Waals surface area contributed by atoms with Crippen molar-refractivity contribution in [1.82, 2.24) is 0 Å². The van der Waals surface area contributed by atoms with Crippen molar-refractivity contribution in [2.75, 3.05) is 0 Å². The molecule has 0 bridgehead atoms. The van der Waals surface area contributed by atoms with Crippen LogP contribution < -0.4 is 0 Å². The van der Waals surface area contributed by atoms with E-state index in [0.717, 1.165) is 0 Å². The van der Waals surface area contributed by atoms with Crippen LogP contribution in [-0.4, -0.2) is 15.8 Å². The summed E-state index contributed by atoms with van der Waals surface area (Å²) in [7, 11) is 0. The number of aliphatic hydroxyl groups excluding tert-OH is 1. The van der Waals surface area contributed by atoms with E-state index in [1.165, 1.54) is 24.3 Å². The summed E-state index contributed by atoms with van der Waals surface area (Å²) >= 11 is 0. The number of non-ortho nitro benzene ring substituents is 1. The normalized spacial score (nSPS) is 11.9. The zero-order valence-electron chi connectivity index (χ0n) is 9.42. The van der Waals surface area contributed by atoms with Crippen LogP contribution in [0.3, 0.4) is 0 Å². The van der Waals surface area contributed by atoms with Gasteiger partial charge in [0.1, 0.15) is 6.10 Å². The van der Waals surface area contributed by atoms with Gasteiger partial charge in [0, 0.05) is 24.1 Å². The van der Waals surface area contributed by atoms with Gasteiger partial charge in [0.2, 0.25) is 0 Å². The fourth-order valence-corrected chi connectivity index (χ4v) is 1.39. The predicted molar refractivity (Wildman–Crippen MR) is 62.5 cm³/mol. The van der Waals surface area contributed by atoms with Crippen LogP contribution in [0.2, 0.25) is 0 Å². The minimum Gasteiger partial charge on any atom is -0.384 e. The Bertz CT molecular complexity index is 467. The topological polar surface area (TPSA) is 80.4 Å². The van der Waals surface area contributed by atoms with Crippen molar-refractivity contribution in [3.05, 3.63) is 52.1 Å². The second-order valence-electron chi connectivity index (χ2n) is 3.56. The molecule has 0 aliphatic carbocycles. The molecule has 0 fully saturated rings. The second kappa shape index (κ2) is 5.36. The van der Waals surface area contributed by atoms with Gasteiger partial charge in [0.05, 0.1) is 4.92 Å². The number of carbonyl (C=O) groups is 1. The Morgan fingerprint density at radius 2 is 2.24 bits per heavy atom. The summed E-state index contributed by atoms with van der Waals surface area (Å²) in [5.41, 5.74) is 0.220. The zero-order valence-corrected chi connectivity index (χ0v) is 9.42. The average Bonchev–Trinajstić information content (AvgIpc) is 2.36. The lowest BCUT2D eigenvalue weighted by molar-refractivity contribution is -0.385. The van der Waals surface area contributed by atoms with Gasteiger partial charge in [0.25, 0.3) is 5.69 Å². The lowest BCUT2D eigenvalue weighted by atomic mass is 9.98. The number of aliphatic hydroxyl groups is 1. The molecule has 0 saturated heterocycles. The van der Waals surface area contributed by atoms with Gasteiger partial charge in [-0.15, -0.1) is 0 Å². The van der Waals surface area contributed by atoms with Crippen molar-refractivity contribution in [3.8, 4) is 0 Å². The average molecular weight is 235 g/mol. The SMILES string of the molecule is C=C(C(=O)CC)C(O)c1cccc([N+](=O)[O-])c1. The first-order valence-electron chi connectivity index (χ1n) is 5.11. The third-order valence-corrected chi connectivity index (χ3v) is 2.41. The predicted octanol–water partition coefficient (Wildman–Crippen LogP) is 2.16. The van der Waals surface area contributed by atoms with Crippen LogP contribution in [0, 0.1) is 10.1 Å². The summed E-state index contributed by atoms with van der Waals surface area (Å²) in [5.74, 6) is -0.260. The van der Waals surface area contributed by atoms with Gasteiger partial charge >= 0.3 is 0 Å². The van der Waals surface area contributed by atoms with Crippen molar-refractivity contribution in [3.63, 3.8) is 0 Å². The molecule has 1 N–H and O–H groups in total. The first-order chi connectivity index (χ1) is 7.97. The fourth-order valence-electron chi connectivity index (χ4n) is 1.39. The highest BCUT2D eigenvalue weighted by Crippen LogP contribution is 2.24. The first kappa shape index (κ1) is 13.1. The smallest absolute Gasteiger partial charge is 0.269 e. The highest BCUT2D eigenvalue weighted by atomic mass is 16.6. The molecule has 1 aromatic rings. The third kappa shape index (κ3) is 2.98. The van der Waals surface area contributed by atoms with Gasteiger partial charge in [-0.2, -0.15) is 0 Å². The number of hydrogen-bond acceptors (Lipinski definition) is 4. The number of rotatable bonds is 5. The summed E-state index contributed by atoms with van der Waals surface area (Å²) in [5, 5.41) is 20.4. The quantitative estimate of drug-likeness (QED) is 0.481. The van der Waals surface area contributed by atoms with E-state index in [4.69, 9.17) is 0 Å². The van der Waals surface area contributed by atoms with E-state index in [9.17, 15) is 20.0 Å². The highest BCUT2D eigenvalue weighted by molar-refractivity contribution is 5.95. The van der Waals surface area contributed by atoms with E-state index in [1.54, 1.807) is 6.92 Å². The first-order valence-corrected chi connectivity index (χ1v) is 5.11. The van der Waals surface area contributed by atoms with Gasteiger partial charge < -0.3 is 5.11 Å². The molecule has 17 heavy (non-hydrogen) atoms. The highest BCUT2D eigenvalue weighted by Gasteiger charge is 2.18. The molecule has 1 unspecified atom stereocenters. The molecule has 0 radical (unpaired) electrons. The van der Waals surface area contributed by atoms with Crippen molar-refractivity contribution in [2.24, 2.45) is 0 Å². The van der Waals surface area contributed by atoms with Gasteiger partial charge in [-0.3, -0.25) is 14.9 Å². The zero-order chi connectivity index (χ0) is 13.0. The van der Waals surface area contributed by atoms with Crippen molar-refractivity contribution in [2.45, 2.75) is 19.4 Å². The molecule has 0 aliphatic heterocycles. The molecular weight excluding hydrogens is 222 g/mol. The molecule has 0 amide bonds. The van der Waals surface area contributed by atoms with Gasteiger partial charge in [-0.25, -0.2) is 0 Å². The van der Waals surface area contributed by atoms with Crippen LogP contribution in [0.1, 0.15) is 25.0 Å². The largest absolute Gasteiger partial charge is 0.384 e. The van der Waals surface area contributed by atoms with E-state index in [-0.39, 0.29) is 23.5 Å². The number of Topliss-reactive ketones (excluding diaryl/α,β-unsaturated/α-hetero) is 1. The maximum Gasteiger partial charge on any atom is 0.269 e. The molecule has 1 aromatic carbocycles. The molecular formula is C12H13NO4. The van der Waals surface area contributed by atoms with E-state index in [2.05, 4.69) is 6.58 Å². The fraction of sp³-hybridized carbons (Fsp3) is 0.250. The molecule has 0 heterocycles. The second-order valence-corrected chi connectivity index (χ2v) is 3.56. The van der Waals surface area contributed by atoms with Crippen molar-refractivity contribution >= 4 is 11.5 Å². The molecule has 0 spiro atoms. The van der Waals surface area contributed by atoms with Crippen LogP contribution in [0.5, 0.6) is 0 Å². The van der Waals surface area contributed by atoms with Gasteiger partial charge in [-0.05, 0) is 5.56 Å². The summed E-state index contributed by atoms with van der Waals surface area (Å²) in [6, 6.07) is 5.53. The van der Waals surface area contributed by atoms with E-state index < -0.39 is 11.0 Å². The number of benzene rings is 1. The summed E-state index contributed by atoms with van der Waals surface area (Å²) in [4.78, 5) is 21.4. The van der Waals surface area contributed by atoms with Crippen molar-refractivity contribution < 1.29 is 14.8 Å². The summed E-state index contributed by atoms with van der Waals surface area (Å²) < 4.78 is 0. The minimum absolute atomic E-state index is 0.0491. The van der Waals surface area contributed by atoms with Gasteiger partial charge in [-0.1, -0.05) is 25.6 Å². The Hall–Kier alpha value is -2.01. The number of carbonyl (C=O) groups excluding carboxylic acids is 1.